The van der Waals surface area contributed by atoms with Gasteiger partial charge in [0.15, 0.2) is 0 Å². The highest BCUT2D eigenvalue weighted by Gasteiger charge is 2.22. The quantitative estimate of drug-likeness (QED) is 0.884. The van der Waals surface area contributed by atoms with Gasteiger partial charge in [-0.05, 0) is 35.4 Å². The first kappa shape index (κ1) is 16.2. The highest BCUT2D eigenvalue weighted by atomic mass is 79.9. The molecule has 1 unspecified atom stereocenters. The molecule has 0 bridgehead atoms. The summed E-state index contributed by atoms with van der Waals surface area (Å²) in [7, 11) is 0. The highest BCUT2D eigenvalue weighted by molar-refractivity contribution is 9.10. The fraction of sp³-hybridized carbons (Fsp3) is 0.278. The minimum atomic E-state index is -0.891. The first-order valence-electron chi connectivity index (χ1n) is 7.53. The summed E-state index contributed by atoms with van der Waals surface area (Å²) < 4.78 is 6.95. The van der Waals surface area contributed by atoms with Gasteiger partial charge in [-0.1, -0.05) is 40.2 Å². The smallest absolute Gasteiger partial charge is 0.335 e. The number of aromatic carboxylic acids is 1. The Labute approximate surface area is 143 Å². The molecule has 3 rings (SSSR count). The van der Waals surface area contributed by atoms with Crippen LogP contribution in [0.4, 0.5) is 0 Å². The third-order valence-electron chi connectivity index (χ3n) is 4.00. The van der Waals surface area contributed by atoms with Crippen LogP contribution >= 0.6 is 15.9 Å². The van der Waals surface area contributed by atoms with Gasteiger partial charge in [-0.2, -0.15) is 0 Å². The molecule has 1 saturated heterocycles. The molecule has 2 aromatic carbocycles. The van der Waals surface area contributed by atoms with E-state index in [0.29, 0.717) is 12.2 Å². The van der Waals surface area contributed by atoms with Crippen molar-refractivity contribution >= 4 is 21.9 Å². The zero-order valence-corrected chi connectivity index (χ0v) is 14.2. The molecular weight excluding hydrogens is 358 g/mol. The lowest BCUT2D eigenvalue weighted by atomic mass is 10.1. The van der Waals surface area contributed by atoms with Crippen molar-refractivity contribution in [3.63, 3.8) is 0 Å². The maximum Gasteiger partial charge on any atom is 0.335 e. The number of morpholine rings is 1. The Morgan fingerprint density at radius 1 is 1.17 bits per heavy atom. The standard InChI is InChI=1S/C18H18BrNO3/c19-16-7-5-14(6-8-16)17-12-20(9-10-23-17)11-13-1-3-15(4-2-13)18(21)22/h1-8,17H,9-12H2,(H,21,22). The molecule has 1 aliphatic heterocycles. The molecule has 0 saturated carbocycles. The molecule has 0 aliphatic carbocycles. The number of benzene rings is 2. The number of rotatable bonds is 4. The number of carbonyl (C=O) groups is 1. The maximum absolute atomic E-state index is 10.9. The van der Waals surface area contributed by atoms with E-state index in [9.17, 15) is 4.79 Å². The second-order valence-corrected chi connectivity index (χ2v) is 6.56. The Morgan fingerprint density at radius 2 is 1.87 bits per heavy atom. The summed E-state index contributed by atoms with van der Waals surface area (Å²) in [4.78, 5) is 13.2. The van der Waals surface area contributed by atoms with Crippen LogP contribution in [0.2, 0.25) is 0 Å². The van der Waals surface area contributed by atoms with Crippen molar-refractivity contribution in [3.05, 3.63) is 69.7 Å². The van der Waals surface area contributed by atoms with Gasteiger partial charge in [-0.25, -0.2) is 4.79 Å². The summed E-state index contributed by atoms with van der Waals surface area (Å²) in [5, 5.41) is 8.95. The van der Waals surface area contributed by atoms with Gasteiger partial charge in [0.1, 0.15) is 0 Å². The molecule has 0 aromatic heterocycles. The molecule has 23 heavy (non-hydrogen) atoms. The fourth-order valence-electron chi connectivity index (χ4n) is 2.74. The number of hydrogen-bond acceptors (Lipinski definition) is 3. The van der Waals surface area contributed by atoms with Crippen LogP contribution in [0, 0.1) is 0 Å². The number of nitrogens with zero attached hydrogens (tertiary/aromatic N) is 1. The van der Waals surface area contributed by atoms with E-state index in [1.807, 2.05) is 24.3 Å². The summed E-state index contributed by atoms with van der Waals surface area (Å²) in [5.74, 6) is -0.891. The van der Waals surface area contributed by atoms with Crippen LogP contribution in [-0.4, -0.2) is 35.7 Å². The first-order chi connectivity index (χ1) is 11.1. The molecule has 2 aromatic rings. The zero-order valence-electron chi connectivity index (χ0n) is 12.6. The van der Waals surface area contributed by atoms with Gasteiger partial charge in [0.2, 0.25) is 0 Å². The maximum atomic E-state index is 10.9. The Hall–Kier alpha value is -1.69. The second kappa shape index (κ2) is 7.25. The molecule has 4 nitrogen and oxygen atoms in total. The predicted molar refractivity (Wildman–Crippen MR) is 91.5 cm³/mol. The minimum absolute atomic E-state index is 0.0788. The van der Waals surface area contributed by atoms with E-state index in [0.717, 1.165) is 29.7 Å². The van der Waals surface area contributed by atoms with Crippen molar-refractivity contribution in [2.75, 3.05) is 19.7 Å². The lowest BCUT2D eigenvalue weighted by molar-refractivity contribution is -0.0329. The van der Waals surface area contributed by atoms with Crippen LogP contribution in [0.1, 0.15) is 27.6 Å². The van der Waals surface area contributed by atoms with Gasteiger partial charge >= 0.3 is 5.97 Å². The van der Waals surface area contributed by atoms with E-state index in [4.69, 9.17) is 9.84 Å². The molecular formula is C18H18BrNO3. The second-order valence-electron chi connectivity index (χ2n) is 5.65. The average Bonchev–Trinajstić information content (AvgIpc) is 2.56. The molecule has 0 amide bonds. The fourth-order valence-corrected chi connectivity index (χ4v) is 3.00. The molecule has 1 heterocycles. The van der Waals surface area contributed by atoms with Crippen LogP contribution in [0.25, 0.3) is 0 Å². The predicted octanol–water partition coefficient (Wildman–Crippen LogP) is 3.72. The Balaban J connectivity index is 1.64. The van der Waals surface area contributed by atoms with E-state index in [1.165, 1.54) is 5.56 Å². The SMILES string of the molecule is O=C(O)c1ccc(CN2CCOC(c3ccc(Br)cc3)C2)cc1. The lowest BCUT2D eigenvalue weighted by Gasteiger charge is -2.33. The molecule has 120 valence electrons. The summed E-state index contributed by atoms with van der Waals surface area (Å²) >= 11 is 3.45. The van der Waals surface area contributed by atoms with Crippen LogP contribution in [0.15, 0.2) is 53.0 Å². The van der Waals surface area contributed by atoms with Gasteiger partial charge in [-0.3, -0.25) is 4.90 Å². The van der Waals surface area contributed by atoms with Crippen molar-refractivity contribution < 1.29 is 14.6 Å². The van der Waals surface area contributed by atoms with Crippen molar-refractivity contribution in [2.45, 2.75) is 12.6 Å². The summed E-state index contributed by atoms with van der Waals surface area (Å²) in [6.45, 7) is 3.22. The van der Waals surface area contributed by atoms with E-state index < -0.39 is 5.97 Å². The Bertz CT molecular complexity index is 670. The first-order valence-corrected chi connectivity index (χ1v) is 8.33. The van der Waals surface area contributed by atoms with Gasteiger partial charge in [0, 0.05) is 24.1 Å². The van der Waals surface area contributed by atoms with Gasteiger partial charge in [-0.15, -0.1) is 0 Å². The molecule has 1 fully saturated rings. The van der Waals surface area contributed by atoms with Crippen molar-refractivity contribution in [3.8, 4) is 0 Å². The third kappa shape index (κ3) is 4.19. The van der Waals surface area contributed by atoms with Crippen molar-refractivity contribution in [1.29, 1.82) is 0 Å². The minimum Gasteiger partial charge on any atom is -0.478 e. The third-order valence-corrected chi connectivity index (χ3v) is 4.53. The molecule has 5 heteroatoms. The van der Waals surface area contributed by atoms with Crippen molar-refractivity contribution in [1.82, 2.24) is 4.90 Å². The molecule has 0 radical (unpaired) electrons. The number of hydrogen-bond donors (Lipinski definition) is 1. The van der Waals surface area contributed by atoms with E-state index in [-0.39, 0.29) is 6.10 Å². The number of halogens is 1. The van der Waals surface area contributed by atoms with Gasteiger partial charge < -0.3 is 9.84 Å². The highest BCUT2D eigenvalue weighted by Crippen LogP contribution is 2.24. The molecule has 0 spiro atoms. The molecule has 1 aliphatic rings. The van der Waals surface area contributed by atoms with Crippen LogP contribution < -0.4 is 0 Å². The van der Waals surface area contributed by atoms with E-state index >= 15 is 0 Å². The number of carboxylic acid groups (broad SMARTS) is 1. The summed E-state index contributed by atoms with van der Waals surface area (Å²) in [5.41, 5.74) is 2.62. The topological polar surface area (TPSA) is 49.8 Å². The normalized spacial score (nSPS) is 18.7. The average molecular weight is 376 g/mol. The summed E-state index contributed by atoms with van der Waals surface area (Å²) in [6, 6.07) is 15.3. The Morgan fingerprint density at radius 3 is 2.52 bits per heavy atom. The van der Waals surface area contributed by atoms with Gasteiger partial charge in [0.25, 0.3) is 0 Å². The molecule has 1 atom stereocenters. The van der Waals surface area contributed by atoms with Crippen LogP contribution in [0.3, 0.4) is 0 Å². The summed E-state index contributed by atoms with van der Waals surface area (Å²) in [6.07, 6.45) is 0.0788. The largest absolute Gasteiger partial charge is 0.478 e. The van der Waals surface area contributed by atoms with Crippen LogP contribution in [-0.2, 0) is 11.3 Å². The van der Waals surface area contributed by atoms with E-state index in [1.54, 1.807) is 12.1 Å². The number of carboxylic acids is 1. The van der Waals surface area contributed by atoms with Crippen LogP contribution in [0.5, 0.6) is 0 Å². The molecule has 1 N–H and O–H groups in total. The lowest BCUT2D eigenvalue weighted by Crippen LogP contribution is -2.37. The Kier molecular flexibility index (Phi) is 5.10. The van der Waals surface area contributed by atoms with E-state index in [2.05, 4.69) is 33.0 Å². The monoisotopic (exact) mass is 375 g/mol. The number of ether oxygens (including phenoxy) is 1. The van der Waals surface area contributed by atoms with Gasteiger partial charge in [0.05, 0.1) is 18.3 Å². The zero-order chi connectivity index (χ0) is 16.2. The van der Waals surface area contributed by atoms with Crippen molar-refractivity contribution in [2.24, 2.45) is 0 Å².